The lowest BCUT2D eigenvalue weighted by Crippen LogP contribution is -2.36. The maximum Gasteiger partial charge on any atom is 0.154 e. The van der Waals surface area contributed by atoms with E-state index in [9.17, 15) is 0 Å². The molecule has 0 saturated carbocycles. The van der Waals surface area contributed by atoms with Crippen molar-refractivity contribution in [2.24, 2.45) is 0 Å². The quantitative estimate of drug-likeness (QED) is 0.771. The number of halogens is 1. The molecule has 1 fully saturated rings. The number of nitrogens with zero attached hydrogens (tertiary/aromatic N) is 1. The van der Waals surface area contributed by atoms with E-state index in [0.717, 1.165) is 18.5 Å². The molecule has 3 heteroatoms. The predicted octanol–water partition coefficient (Wildman–Crippen LogP) is 3.46. The first-order valence-electron chi connectivity index (χ1n) is 7.11. The molecule has 0 aromatic heterocycles. The number of methoxy groups -OCH3 is 1. The molecule has 0 radical (unpaired) electrons. The topological polar surface area (TPSA) is 12.5 Å². The molecule has 1 unspecified atom stereocenters. The second-order valence-corrected chi connectivity index (χ2v) is 5.19. The Bertz CT molecular complexity index is 422. The van der Waals surface area contributed by atoms with Crippen LogP contribution < -0.4 is 0 Å². The van der Waals surface area contributed by atoms with Crippen molar-refractivity contribution < 1.29 is 4.74 Å². The van der Waals surface area contributed by atoms with Gasteiger partial charge in [-0.25, -0.2) is 0 Å². The minimum atomic E-state index is -0.585. The number of hydrogen-bond donors (Lipinski definition) is 0. The number of terminal acetylenes is 1. The Balaban J connectivity index is 0.00000200. The maximum atomic E-state index is 5.77. The molecule has 1 aliphatic rings. The monoisotopic (exact) mass is 293 g/mol. The fourth-order valence-corrected chi connectivity index (χ4v) is 2.78. The van der Waals surface area contributed by atoms with Crippen molar-refractivity contribution >= 4 is 12.4 Å². The Morgan fingerprint density at radius 3 is 2.40 bits per heavy atom. The molecule has 0 aliphatic carbocycles. The van der Waals surface area contributed by atoms with Crippen LogP contribution in [0.2, 0.25) is 0 Å². The number of likely N-dealkylation sites (tertiary alicyclic amines) is 1. The Morgan fingerprint density at radius 2 is 1.85 bits per heavy atom. The average Bonchev–Trinajstić information content (AvgIpc) is 2.51. The molecule has 20 heavy (non-hydrogen) atoms. The zero-order valence-corrected chi connectivity index (χ0v) is 13.0. The van der Waals surface area contributed by atoms with Gasteiger partial charge in [0.15, 0.2) is 5.60 Å². The lowest BCUT2D eigenvalue weighted by atomic mass is 9.90. The number of hydrogen-bond acceptors (Lipinski definition) is 2. The highest BCUT2D eigenvalue weighted by Crippen LogP contribution is 2.28. The first-order valence-corrected chi connectivity index (χ1v) is 7.11. The van der Waals surface area contributed by atoms with Gasteiger partial charge in [0.2, 0.25) is 0 Å². The van der Waals surface area contributed by atoms with Crippen molar-refractivity contribution in [3.05, 3.63) is 35.9 Å². The van der Waals surface area contributed by atoms with Crippen molar-refractivity contribution in [3.63, 3.8) is 0 Å². The predicted molar refractivity (Wildman–Crippen MR) is 86.1 cm³/mol. The van der Waals surface area contributed by atoms with Crippen LogP contribution >= 0.6 is 12.4 Å². The van der Waals surface area contributed by atoms with Gasteiger partial charge in [0.25, 0.3) is 0 Å². The summed E-state index contributed by atoms with van der Waals surface area (Å²) in [7, 11) is 1.71. The van der Waals surface area contributed by atoms with Gasteiger partial charge in [-0.05, 0) is 31.5 Å². The van der Waals surface area contributed by atoms with Gasteiger partial charge in [0.1, 0.15) is 0 Å². The van der Waals surface area contributed by atoms with E-state index in [1.165, 1.54) is 32.4 Å². The molecule has 2 nitrogen and oxygen atoms in total. The summed E-state index contributed by atoms with van der Waals surface area (Å²) in [6, 6.07) is 10.1. The summed E-state index contributed by atoms with van der Waals surface area (Å²) >= 11 is 0. The normalized spacial score (nSPS) is 18.6. The first-order chi connectivity index (χ1) is 9.30. The Labute approximate surface area is 128 Å². The molecule has 0 amide bonds. The van der Waals surface area contributed by atoms with Crippen LogP contribution in [-0.4, -0.2) is 31.6 Å². The fourth-order valence-electron chi connectivity index (χ4n) is 2.78. The summed E-state index contributed by atoms with van der Waals surface area (Å²) < 4.78 is 5.70. The van der Waals surface area contributed by atoms with Crippen LogP contribution in [0.1, 0.15) is 31.2 Å². The molecular formula is C17H24ClNO. The van der Waals surface area contributed by atoms with Gasteiger partial charge in [0, 0.05) is 20.1 Å². The second-order valence-electron chi connectivity index (χ2n) is 5.19. The SMILES string of the molecule is C#CC(CCN1CCCCC1)(OC)c1ccccc1.Cl. The van der Waals surface area contributed by atoms with Crippen molar-refractivity contribution in [2.45, 2.75) is 31.3 Å². The van der Waals surface area contributed by atoms with Crippen LogP contribution in [0.4, 0.5) is 0 Å². The number of ether oxygens (including phenoxy) is 1. The summed E-state index contributed by atoms with van der Waals surface area (Å²) in [6.07, 6.45) is 10.6. The van der Waals surface area contributed by atoms with E-state index < -0.39 is 5.60 Å². The molecule has 1 saturated heterocycles. The largest absolute Gasteiger partial charge is 0.361 e. The zero-order valence-electron chi connectivity index (χ0n) is 12.2. The molecule has 0 N–H and O–H groups in total. The van der Waals surface area contributed by atoms with Crippen molar-refractivity contribution in [2.75, 3.05) is 26.7 Å². The lowest BCUT2D eigenvalue weighted by molar-refractivity contribution is 0.0200. The molecule has 2 rings (SSSR count). The van der Waals surface area contributed by atoms with Gasteiger partial charge in [-0.15, -0.1) is 18.8 Å². The highest BCUT2D eigenvalue weighted by atomic mass is 35.5. The third-order valence-electron chi connectivity index (χ3n) is 4.05. The van der Waals surface area contributed by atoms with Crippen molar-refractivity contribution in [1.82, 2.24) is 4.90 Å². The number of benzene rings is 1. The molecule has 1 aromatic rings. The minimum absolute atomic E-state index is 0. The van der Waals surface area contributed by atoms with Gasteiger partial charge in [-0.3, -0.25) is 0 Å². The van der Waals surface area contributed by atoms with E-state index in [2.05, 4.69) is 23.0 Å². The summed E-state index contributed by atoms with van der Waals surface area (Å²) in [5.74, 6) is 2.87. The van der Waals surface area contributed by atoms with Gasteiger partial charge in [-0.2, -0.15) is 0 Å². The molecule has 0 bridgehead atoms. The summed E-state index contributed by atoms with van der Waals surface area (Å²) in [6.45, 7) is 3.39. The Hall–Kier alpha value is -1.01. The van der Waals surface area contributed by atoms with E-state index >= 15 is 0 Å². The van der Waals surface area contributed by atoms with Crippen LogP contribution in [0.15, 0.2) is 30.3 Å². The van der Waals surface area contributed by atoms with Gasteiger partial charge < -0.3 is 9.64 Å². The second kappa shape index (κ2) is 8.32. The molecule has 1 heterocycles. The van der Waals surface area contributed by atoms with Crippen LogP contribution in [0.25, 0.3) is 0 Å². The molecule has 110 valence electrons. The van der Waals surface area contributed by atoms with Gasteiger partial charge in [-0.1, -0.05) is 42.7 Å². The van der Waals surface area contributed by atoms with E-state index in [1.807, 2.05) is 18.2 Å². The lowest BCUT2D eigenvalue weighted by Gasteiger charge is -2.32. The maximum absolute atomic E-state index is 5.77. The van der Waals surface area contributed by atoms with Crippen LogP contribution in [0, 0.1) is 12.3 Å². The van der Waals surface area contributed by atoms with Gasteiger partial charge in [0.05, 0.1) is 0 Å². The summed E-state index contributed by atoms with van der Waals surface area (Å²) in [5.41, 5.74) is 0.496. The molecule has 1 aromatic carbocycles. The third kappa shape index (κ3) is 3.99. The first kappa shape index (κ1) is 17.0. The highest BCUT2D eigenvalue weighted by molar-refractivity contribution is 5.85. The number of rotatable bonds is 5. The smallest absolute Gasteiger partial charge is 0.154 e. The fraction of sp³-hybridized carbons (Fsp3) is 0.529. The zero-order chi connectivity index (χ0) is 13.6. The third-order valence-corrected chi connectivity index (χ3v) is 4.05. The summed E-state index contributed by atoms with van der Waals surface area (Å²) in [4.78, 5) is 2.50. The molecule has 1 aliphatic heterocycles. The minimum Gasteiger partial charge on any atom is -0.361 e. The van der Waals surface area contributed by atoms with Crippen molar-refractivity contribution in [3.8, 4) is 12.3 Å². The van der Waals surface area contributed by atoms with E-state index in [1.54, 1.807) is 7.11 Å². The number of piperidine rings is 1. The standard InChI is InChI=1S/C17H23NO.ClH/c1-3-17(19-2,16-10-6-4-7-11-16)12-15-18-13-8-5-9-14-18;/h1,4,6-7,10-11H,5,8-9,12-15H2,2H3;1H. The molecule has 0 spiro atoms. The van der Waals surface area contributed by atoms with E-state index in [-0.39, 0.29) is 12.4 Å². The average molecular weight is 294 g/mol. The van der Waals surface area contributed by atoms with Crippen LogP contribution in [0.3, 0.4) is 0 Å². The Kier molecular flexibility index (Phi) is 7.09. The highest BCUT2D eigenvalue weighted by Gasteiger charge is 2.30. The van der Waals surface area contributed by atoms with Gasteiger partial charge >= 0.3 is 0 Å². The van der Waals surface area contributed by atoms with E-state index in [0.29, 0.717) is 0 Å². The Morgan fingerprint density at radius 1 is 1.20 bits per heavy atom. The van der Waals surface area contributed by atoms with Crippen LogP contribution in [0.5, 0.6) is 0 Å². The van der Waals surface area contributed by atoms with Crippen LogP contribution in [-0.2, 0) is 10.3 Å². The summed E-state index contributed by atoms with van der Waals surface area (Å²) in [5, 5.41) is 0. The molecular weight excluding hydrogens is 270 g/mol. The molecule has 1 atom stereocenters. The van der Waals surface area contributed by atoms with E-state index in [4.69, 9.17) is 11.2 Å². The van der Waals surface area contributed by atoms with Crippen molar-refractivity contribution in [1.29, 1.82) is 0 Å².